The summed E-state index contributed by atoms with van der Waals surface area (Å²) in [5.74, 6) is -1.32. The van der Waals surface area contributed by atoms with Crippen LogP contribution in [0, 0.1) is 5.41 Å². The predicted octanol–water partition coefficient (Wildman–Crippen LogP) is 4.70. The molecule has 0 heterocycles. The lowest BCUT2D eigenvalue weighted by Gasteiger charge is -2.27. The zero-order valence-corrected chi connectivity index (χ0v) is 20.3. The van der Waals surface area contributed by atoms with Crippen LogP contribution in [-0.4, -0.2) is 41.8 Å². The number of carbonyl (C=O) groups excluding carboxylic acids is 2. The van der Waals surface area contributed by atoms with Gasteiger partial charge in [0.1, 0.15) is 6.61 Å². The molecule has 2 aromatic carbocycles. The Morgan fingerprint density at radius 3 is 2.03 bits per heavy atom. The van der Waals surface area contributed by atoms with Gasteiger partial charge in [0.05, 0.1) is 6.42 Å². The topological polar surface area (TPSA) is 105 Å². The molecule has 34 heavy (non-hydrogen) atoms. The van der Waals surface area contributed by atoms with Gasteiger partial charge in [0.25, 0.3) is 0 Å². The number of carboxylic acids is 1. The van der Waals surface area contributed by atoms with Crippen LogP contribution in [0.5, 0.6) is 0 Å². The molecule has 1 aliphatic rings. The number of benzene rings is 2. The second-order valence-electron chi connectivity index (χ2n) is 10.2. The van der Waals surface area contributed by atoms with Crippen LogP contribution in [0.1, 0.15) is 64.0 Å². The molecule has 7 nitrogen and oxygen atoms in total. The fourth-order valence-electron chi connectivity index (χ4n) is 4.59. The zero-order chi connectivity index (χ0) is 24.9. The van der Waals surface area contributed by atoms with E-state index in [2.05, 4.69) is 34.9 Å². The highest BCUT2D eigenvalue weighted by molar-refractivity contribution is 5.80. The first-order valence-electron chi connectivity index (χ1n) is 11.7. The minimum atomic E-state index is -0.976. The molecular weight excluding hydrogens is 432 g/mol. The molecule has 2 aromatic rings. The second kappa shape index (κ2) is 10.7. The molecule has 0 radical (unpaired) electrons. The van der Waals surface area contributed by atoms with Crippen LogP contribution in [0.15, 0.2) is 48.5 Å². The van der Waals surface area contributed by atoms with Crippen molar-refractivity contribution < 1.29 is 24.2 Å². The Hall–Kier alpha value is -3.35. The average molecular weight is 467 g/mol. The van der Waals surface area contributed by atoms with Crippen molar-refractivity contribution in [1.82, 2.24) is 10.6 Å². The quantitative estimate of drug-likeness (QED) is 0.497. The van der Waals surface area contributed by atoms with Crippen LogP contribution in [0.25, 0.3) is 11.1 Å². The average Bonchev–Trinajstić information content (AvgIpc) is 3.04. The lowest BCUT2D eigenvalue weighted by atomic mass is 9.87. The van der Waals surface area contributed by atoms with Crippen molar-refractivity contribution in [2.75, 3.05) is 6.61 Å². The van der Waals surface area contributed by atoms with E-state index in [0.717, 1.165) is 22.3 Å². The molecule has 0 saturated heterocycles. The van der Waals surface area contributed by atoms with E-state index in [4.69, 9.17) is 9.84 Å². The van der Waals surface area contributed by atoms with Gasteiger partial charge >= 0.3 is 12.1 Å². The van der Waals surface area contributed by atoms with Gasteiger partial charge in [0.15, 0.2) is 0 Å². The number of amides is 2. The molecular formula is C27H34N2O5. The van der Waals surface area contributed by atoms with Crippen LogP contribution in [0.2, 0.25) is 0 Å². The van der Waals surface area contributed by atoms with Crippen molar-refractivity contribution in [3.63, 3.8) is 0 Å². The standard InChI is InChI=1S/C27H34N2O5/c1-17(13-25(31)32)28-24(30)14-18(15-27(2,3)4)29-26(33)34-16-23-21-11-7-5-9-19(21)20-10-6-8-12-22(20)23/h5-12,17-18,23H,13-16H2,1-4H3,(H,28,30)(H,29,33)(H,31,32)/t17-,18?/m0/s1. The summed E-state index contributed by atoms with van der Waals surface area (Å²) in [6.45, 7) is 7.94. The highest BCUT2D eigenvalue weighted by Crippen LogP contribution is 2.44. The van der Waals surface area contributed by atoms with Crippen LogP contribution in [0.3, 0.4) is 0 Å². The molecule has 1 aliphatic carbocycles. The number of fused-ring (bicyclic) bond motifs is 3. The molecule has 0 fully saturated rings. The summed E-state index contributed by atoms with van der Waals surface area (Å²) in [5, 5.41) is 14.4. The molecule has 0 saturated carbocycles. The Kier molecular flexibility index (Phi) is 7.97. The zero-order valence-electron chi connectivity index (χ0n) is 20.3. The third-order valence-corrected chi connectivity index (χ3v) is 5.84. The third-order valence-electron chi connectivity index (χ3n) is 5.84. The van der Waals surface area contributed by atoms with Gasteiger partial charge in [-0.25, -0.2) is 4.79 Å². The number of hydrogen-bond acceptors (Lipinski definition) is 4. The Balaban J connectivity index is 1.62. The van der Waals surface area contributed by atoms with E-state index in [1.165, 1.54) is 0 Å². The largest absolute Gasteiger partial charge is 0.481 e. The molecule has 1 unspecified atom stereocenters. The SMILES string of the molecule is C[C@@H](CC(=O)O)NC(=O)CC(CC(C)(C)C)NC(=O)OCC1c2ccccc2-c2ccccc21. The highest BCUT2D eigenvalue weighted by atomic mass is 16.5. The first kappa shape index (κ1) is 25.3. The van der Waals surface area contributed by atoms with Crippen molar-refractivity contribution >= 4 is 18.0 Å². The minimum Gasteiger partial charge on any atom is -0.481 e. The summed E-state index contributed by atoms with van der Waals surface area (Å²) in [7, 11) is 0. The molecule has 3 rings (SSSR count). The maximum Gasteiger partial charge on any atom is 0.407 e. The van der Waals surface area contributed by atoms with Gasteiger partial charge in [-0.1, -0.05) is 69.3 Å². The Bertz CT molecular complexity index is 998. The smallest absolute Gasteiger partial charge is 0.407 e. The maximum absolute atomic E-state index is 12.7. The van der Waals surface area contributed by atoms with Gasteiger partial charge < -0.3 is 20.5 Å². The van der Waals surface area contributed by atoms with Gasteiger partial charge in [-0.15, -0.1) is 0 Å². The molecule has 3 N–H and O–H groups in total. The van der Waals surface area contributed by atoms with E-state index in [1.807, 2.05) is 45.0 Å². The normalized spacial score (nSPS) is 14.5. The van der Waals surface area contributed by atoms with Gasteiger partial charge in [0.2, 0.25) is 5.91 Å². The monoisotopic (exact) mass is 466 g/mol. The number of rotatable bonds is 9. The van der Waals surface area contributed by atoms with Crippen molar-refractivity contribution in [1.29, 1.82) is 0 Å². The van der Waals surface area contributed by atoms with Gasteiger partial charge in [-0.2, -0.15) is 0 Å². The van der Waals surface area contributed by atoms with E-state index in [0.29, 0.717) is 6.42 Å². The summed E-state index contributed by atoms with van der Waals surface area (Å²) in [4.78, 5) is 36.0. The summed E-state index contributed by atoms with van der Waals surface area (Å²) in [5.41, 5.74) is 4.45. The van der Waals surface area contributed by atoms with Gasteiger partial charge in [-0.05, 0) is 41.0 Å². The highest BCUT2D eigenvalue weighted by Gasteiger charge is 2.30. The van der Waals surface area contributed by atoms with Crippen LogP contribution >= 0.6 is 0 Å². The van der Waals surface area contributed by atoms with E-state index < -0.39 is 24.1 Å². The number of ether oxygens (including phenoxy) is 1. The van der Waals surface area contributed by atoms with Crippen molar-refractivity contribution in [3.8, 4) is 11.1 Å². The van der Waals surface area contributed by atoms with Gasteiger partial charge in [-0.3, -0.25) is 9.59 Å². The van der Waals surface area contributed by atoms with E-state index in [9.17, 15) is 14.4 Å². The fraction of sp³-hybridized carbons (Fsp3) is 0.444. The molecule has 0 aromatic heterocycles. The fourth-order valence-corrected chi connectivity index (χ4v) is 4.59. The van der Waals surface area contributed by atoms with E-state index >= 15 is 0 Å². The number of aliphatic carboxylic acids is 1. The predicted molar refractivity (Wildman–Crippen MR) is 131 cm³/mol. The number of carboxylic acid groups (broad SMARTS) is 1. The Morgan fingerprint density at radius 2 is 1.50 bits per heavy atom. The number of hydrogen-bond donors (Lipinski definition) is 3. The molecule has 182 valence electrons. The van der Waals surface area contributed by atoms with E-state index in [1.54, 1.807) is 6.92 Å². The van der Waals surface area contributed by atoms with E-state index in [-0.39, 0.29) is 36.7 Å². The summed E-state index contributed by atoms with van der Waals surface area (Å²) in [6.07, 6.45) is -0.110. The van der Waals surface area contributed by atoms with Gasteiger partial charge in [0, 0.05) is 24.4 Å². The summed E-state index contributed by atoms with van der Waals surface area (Å²) >= 11 is 0. The maximum atomic E-state index is 12.7. The van der Waals surface area contributed by atoms with Crippen molar-refractivity contribution in [3.05, 3.63) is 59.7 Å². The van der Waals surface area contributed by atoms with Crippen LogP contribution in [0.4, 0.5) is 4.79 Å². The molecule has 2 amide bonds. The Labute approximate surface area is 200 Å². The summed E-state index contributed by atoms with van der Waals surface area (Å²) in [6, 6.07) is 15.3. The summed E-state index contributed by atoms with van der Waals surface area (Å²) < 4.78 is 5.64. The van der Waals surface area contributed by atoms with Crippen LogP contribution < -0.4 is 10.6 Å². The molecule has 0 aliphatic heterocycles. The first-order chi connectivity index (χ1) is 16.0. The lowest BCUT2D eigenvalue weighted by Crippen LogP contribution is -2.43. The van der Waals surface area contributed by atoms with Crippen molar-refractivity contribution in [2.24, 2.45) is 5.41 Å². The number of carbonyl (C=O) groups is 3. The first-order valence-corrected chi connectivity index (χ1v) is 11.7. The molecule has 7 heteroatoms. The molecule has 2 atom stereocenters. The second-order valence-corrected chi connectivity index (χ2v) is 10.2. The molecule has 0 bridgehead atoms. The number of nitrogens with one attached hydrogen (secondary N) is 2. The minimum absolute atomic E-state index is 0.0422. The third kappa shape index (κ3) is 6.83. The Morgan fingerprint density at radius 1 is 0.941 bits per heavy atom. The van der Waals surface area contributed by atoms with Crippen LogP contribution in [-0.2, 0) is 14.3 Å². The van der Waals surface area contributed by atoms with Crippen molar-refractivity contribution in [2.45, 2.75) is 65.0 Å². The molecule has 0 spiro atoms. The number of alkyl carbamates (subject to hydrolysis) is 1. The lowest BCUT2D eigenvalue weighted by molar-refractivity contribution is -0.137.